The Bertz CT molecular complexity index is 1270. The van der Waals surface area contributed by atoms with Crippen LogP contribution in [-0.4, -0.2) is 73.3 Å². The summed E-state index contributed by atoms with van der Waals surface area (Å²) < 4.78 is 34.3. The molecule has 0 heterocycles. The van der Waals surface area contributed by atoms with E-state index >= 15 is 0 Å². The molecule has 0 aromatic heterocycles. The molecule has 0 aliphatic rings. The topological polar surface area (TPSA) is 159 Å². The molecule has 12 heteroatoms. The Morgan fingerprint density at radius 2 is 1.71 bits per heavy atom. The first-order valence-corrected chi connectivity index (χ1v) is 14.9. The number of hydrogen-bond acceptors (Lipinski definition) is 7. The lowest BCUT2D eigenvalue weighted by Gasteiger charge is -2.46. The summed E-state index contributed by atoms with van der Waals surface area (Å²) in [5.74, 6) is 0.492. The van der Waals surface area contributed by atoms with E-state index in [0.29, 0.717) is 18.6 Å². The summed E-state index contributed by atoms with van der Waals surface area (Å²) in [6, 6.07) is 14.1. The number of ether oxygens (including phenoxy) is 1. The van der Waals surface area contributed by atoms with E-state index in [9.17, 15) is 23.4 Å². The first-order chi connectivity index (χ1) is 19.1. The number of aliphatic hydroxyl groups excluding tert-OH is 1. The molecule has 0 aliphatic heterocycles. The fourth-order valence-corrected chi connectivity index (χ4v) is 6.51. The zero-order chi connectivity index (χ0) is 30.8. The van der Waals surface area contributed by atoms with Gasteiger partial charge in [0.15, 0.2) is 0 Å². The van der Waals surface area contributed by atoms with Crippen LogP contribution >= 0.6 is 0 Å². The van der Waals surface area contributed by atoms with Gasteiger partial charge in [0.05, 0.1) is 24.2 Å². The highest BCUT2D eigenvalue weighted by atomic mass is 32.2. The number of aliphatic hydroxyl groups is 1. The Morgan fingerprint density at radius 1 is 1.10 bits per heavy atom. The van der Waals surface area contributed by atoms with Crippen LogP contribution in [0.4, 0.5) is 4.79 Å². The zero-order valence-electron chi connectivity index (χ0n) is 24.7. The van der Waals surface area contributed by atoms with E-state index in [1.165, 1.54) is 23.5 Å². The minimum Gasteiger partial charge on any atom is -0.530 e. The molecule has 41 heavy (non-hydrogen) atoms. The summed E-state index contributed by atoms with van der Waals surface area (Å²) in [5.41, 5.74) is 7.89. The van der Waals surface area contributed by atoms with Gasteiger partial charge in [0.2, 0.25) is 10.0 Å². The quantitative estimate of drug-likeness (QED) is 0.142. The third-order valence-corrected chi connectivity index (χ3v) is 8.68. The Balaban J connectivity index is 2.52. The molecule has 2 rings (SSSR count). The van der Waals surface area contributed by atoms with Gasteiger partial charge in [-0.05, 0) is 80.8 Å². The normalized spacial score (nSPS) is 13.8. The largest absolute Gasteiger partial charge is 0.530 e. The van der Waals surface area contributed by atoms with Crippen molar-refractivity contribution in [2.24, 2.45) is 10.5 Å². The number of carbonyl (C=O) groups is 1. The van der Waals surface area contributed by atoms with Crippen molar-refractivity contribution < 1.29 is 28.2 Å². The van der Waals surface area contributed by atoms with Crippen molar-refractivity contribution in [3.8, 4) is 5.75 Å². The molecule has 1 amide bonds. The predicted octanol–water partition coefficient (Wildman–Crippen LogP) is 4.22. The van der Waals surface area contributed by atoms with Crippen molar-refractivity contribution in [2.45, 2.75) is 76.5 Å². The number of nitrogens with zero attached hydrogens (tertiary/aromatic N) is 5. The maximum absolute atomic E-state index is 14.0. The van der Waals surface area contributed by atoms with Crippen LogP contribution in [0.5, 0.6) is 5.75 Å². The fourth-order valence-electron chi connectivity index (χ4n) is 4.87. The average molecular weight is 589 g/mol. The Hall–Kier alpha value is -3.31. The number of azide groups is 1. The molecule has 2 aromatic carbocycles. The first kappa shape index (κ1) is 33.9. The molecule has 11 nitrogen and oxygen atoms in total. The van der Waals surface area contributed by atoms with E-state index in [0.717, 1.165) is 10.5 Å². The van der Waals surface area contributed by atoms with Crippen molar-refractivity contribution in [1.29, 1.82) is 0 Å². The van der Waals surface area contributed by atoms with E-state index in [1.807, 2.05) is 44.2 Å². The van der Waals surface area contributed by atoms with Crippen molar-refractivity contribution in [1.82, 2.24) is 9.21 Å². The summed E-state index contributed by atoms with van der Waals surface area (Å²) >= 11 is 0. The highest BCUT2D eigenvalue weighted by Crippen LogP contribution is 2.30. The molecule has 1 N–H and O–H groups in total. The molecule has 0 radical (unpaired) electrons. The second kappa shape index (κ2) is 14.5. The lowest BCUT2D eigenvalue weighted by Crippen LogP contribution is -2.62. The predicted molar refractivity (Wildman–Crippen MR) is 156 cm³/mol. The molecular formula is C29H42N5O6S-. The molecule has 0 fully saturated rings. The average Bonchev–Trinajstić information content (AvgIpc) is 2.90. The summed E-state index contributed by atoms with van der Waals surface area (Å²) in [5, 5.41) is 27.6. The minimum atomic E-state index is -4.12. The second-order valence-corrected chi connectivity index (χ2v) is 13.8. The summed E-state index contributed by atoms with van der Waals surface area (Å²) in [6.07, 6.45) is -1.59. The highest BCUT2D eigenvalue weighted by molar-refractivity contribution is 7.89. The Kier molecular flexibility index (Phi) is 12.0. The third-order valence-electron chi connectivity index (χ3n) is 6.85. The number of benzene rings is 2. The number of hydrogen-bond donors (Lipinski definition) is 1. The molecular weight excluding hydrogens is 546 g/mol. The number of sulfonamides is 1. The van der Waals surface area contributed by atoms with Gasteiger partial charge in [0.25, 0.3) is 0 Å². The zero-order valence-corrected chi connectivity index (χ0v) is 25.5. The smallest absolute Gasteiger partial charge is 0.243 e. The van der Waals surface area contributed by atoms with Crippen LogP contribution in [0.1, 0.15) is 53.0 Å². The molecule has 0 unspecified atom stereocenters. The van der Waals surface area contributed by atoms with E-state index in [1.54, 1.807) is 32.9 Å². The van der Waals surface area contributed by atoms with Gasteiger partial charge in [-0.1, -0.05) is 49.3 Å². The summed E-state index contributed by atoms with van der Waals surface area (Å²) in [7, 11) is -2.64. The Labute approximate surface area is 243 Å². The highest BCUT2D eigenvalue weighted by Gasteiger charge is 2.38. The van der Waals surface area contributed by atoms with Crippen LogP contribution in [0.25, 0.3) is 10.4 Å². The van der Waals surface area contributed by atoms with E-state index < -0.39 is 39.2 Å². The van der Waals surface area contributed by atoms with E-state index in [2.05, 4.69) is 10.0 Å². The lowest BCUT2D eigenvalue weighted by atomic mass is 9.87. The van der Waals surface area contributed by atoms with Gasteiger partial charge >= 0.3 is 0 Å². The van der Waals surface area contributed by atoms with Crippen molar-refractivity contribution in [3.05, 3.63) is 70.6 Å². The van der Waals surface area contributed by atoms with Gasteiger partial charge in [-0.3, -0.25) is 0 Å². The molecule has 0 spiro atoms. The van der Waals surface area contributed by atoms with Crippen LogP contribution in [-0.2, 0) is 16.4 Å². The lowest BCUT2D eigenvalue weighted by molar-refractivity contribution is -0.275. The monoisotopic (exact) mass is 588 g/mol. The van der Waals surface area contributed by atoms with Gasteiger partial charge in [-0.15, -0.1) is 0 Å². The van der Waals surface area contributed by atoms with Crippen molar-refractivity contribution in [2.75, 3.05) is 26.7 Å². The molecule has 0 saturated heterocycles. The molecule has 226 valence electrons. The van der Waals surface area contributed by atoms with Gasteiger partial charge in [0.1, 0.15) is 11.8 Å². The van der Waals surface area contributed by atoms with Crippen LogP contribution in [0.3, 0.4) is 0 Å². The number of amides is 1. The minimum absolute atomic E-state index is 0.0163. The molecule has 2 aromatic rings. The maximum atomic E-state index is 14.0. The molecule has 0 aliphatic carbocycles. The fraction of sp³-hybridized carbons (Fsp3) is 0.552. The van der Waals surface area contributed by atoms with Gasteiger partial charge in [-0.25, -0.2) is 8.42 Å². The van der Waals surface area contributed by atoms with Crippen LogP contribution in [0.15, 0.2) is 64.6 Å². The summed E-state index contributed by atoms with van der Waals surface area (Å²) in [6.45, 7) is 8.86. The number of carbonyl (C=O) groups excluding carboxylic acids is 1. The molecule has 0 bridgehead atoms. The Morgan fingerprint density at radius 3 is 2.22 bits per heavy atom. The van der Waals surface area contributed by atoms with Gasteiger partial charge in [0, 0.05) is 30.1 Å². The second-order valence-electron chi connectivity index (χ2n) is 11.8. The number of rotatable bonds is 15. The first-order valence-electron chi connectivity index (χ1n) is 13.5. The van der Waals surface area contributed by atoms with Crippen molar-refractivity contribution >= 4 is 16.1 Å². The maximum Gasteiger partial charge on any atom is 0.243 e. The van der Waals surface area contributed by atoms with Gasteiger partial charge < -0.3 is 24.6 Å². The third kappa shape index (κ3) is 9.93. The van der Waals surface area contributed by atoms with E-state index in [4.69, 9.17) is 10.3 Å². The van der Waals surface area contributed by atoms with Crippen LogP contribution in [0, 0.1) is 5.41 Å². The number of methoxy groups -OCH3 is 1. The van der Waals surface area contributed by atoms with Crippen molar-refractivity contribution in [3.63, 3.8) is 0 Å². The number of carboxylic acid groups (broad SMARTS) is 1. The SMILES string of the molecule is COc1ccc(S(=O)(=O)N(C[C@@H](O)[C@H](Cc2ccccc2)N(C(=O)[O-])C(C)(C)C)CC(C)(C)CCCN=[N+]=[N-])cc1. The summed E-state index contributed by atoms with van der Waals surface area (Å²) in [4.78, 5) is 16.3. The van der Waals surface area contributed by atoms with Crippen LogP contribution < -0.4 is 9.84 Å². The van der Waals surface area contributed by atoms with Crippen LogP contribution in [0.2, 0.25) is 0 Å². The van der Waals surface area contributed by atoms with E-state index in [-0.39, 0.29) is 31.0 Å². The standard InChI is InChI=1S/C29H43N5O6S/c1-28(2,3)34(27(36)37)25(19-22-11-8-7-9-12-22)26(35)20-33(21-29(4,5)17-10-18-31-32-30)41(38,39)24-15-13-23(40-6)14-16-24/h7-9,11-16,25-26,35H,10,17-21H2,1-6H3,(H,36,37)/p-1/t25-,26+/m0/s1. The van der Waals surface area contributed by atoms with Gasteiger partial charge in [-0.2, -0.15) is 4.31 Å². The molecule has 0 saturated carbocycles. The molecule has 2 atom stereocenters.